The zero-order valence-electron chi connectivity index (χ0n) is 15.9. The van der Waals surface area contributed by atoms with Gasteiger partial charge in [0.1, 0.15) is 5.75 Å². The quantitative estimate of drug-likeness (QED) is 0.528. The van der Waals surface area contributed by atoms with Crippen LogP contribution >= 0.6 is 24.0 Å². The van der Waals surface area contributed by atoms with Crippen LogP contribution in [0, 0.1) is 0 Å². The molecule has 2 aliphatic rings. The minimum absolute atomic E-state index is 0.149. The number of thioether (sulfide) groups is 1. The average molecular weight is 444 g/mol. The van der Waals surface area contributed by atoms with Crippen LogP contribution in [-0.4, -0.2) is 34.2 Å². The van der Waals surface area contributed by atoms with E-state index in [-0.39, 0.29) is 12.7 Å². The number of fused-ring (bicyclic) bond motifs is 1. The number of nitrogens with zero attached hydrogens (tertiary/aromatic N) is 1. The number of ether oxygens (including phenoxy) is 3. The molecule has 0 spiro atoms. The van der Waals surface area contributed by atoms with Crippen molar-refractivity contribution in [2.75, 3.05) is 11.7 Å². The molecule has 0 radical (unpaired) electrons. The molecule has 0 bridgehead atoms. The molecule has 1 N–H and O–H groups in total. The van der Waals surface area contributed by atoms with Gasteiger partial charge in [-0.05, 0) is 42.3 Å². The topological polar surface area (TPSA) is 85.3 Å². The highest BCUT2D eigenvalue weighted by Gasteiger charge is 2.34. The van der Waals surface area contributed by atoms with Crippen LogP contribution in [-0.2, 0) is 9.59 Å². The summed E-state index contributed by atoms with van der Waals surface area (Å²) in [6, 6.07) is 12.1. The summed E-state index contributed by atoms with van der Waals surface area (Å²) in [6.45, 7) is 1.89. The third-order valence-electron chi connectivity index (χ3n) is 4.49. The monoisotopic (exact) mass is 443 g/mol. The SMILES string of the molecule is CCC(Oc1cccc(/C=C2/SC(=S)N(c3ccc4c(c3)OCO4)C2=O)c1)C(=O)O. The smallest absolute Gasteiger partial charge is 0.344 e. The van der Waals surface area contributed by atoms with Crippen LogP contribution in [0.1, 0.15) is 18.9 Å². The Bertz CT molecular complexity index is 1070. The molecule has 0 aliphatic carbocycles. The number of carbonyl (C=O) groups excluding carboxylic acids is 1. The number of carboxylic acids is 1. The summed E-state index contributed by atoms with van der Waals surface area (Å²) in [7, 11) is 0. The van der Waals surface area contributed by atoms with Gasteiger partial charge in [0.15, 0.2) is 21.9 Å². The van der Waals surface area contributed by atoms with E-state index in [1.165, 1.54) is 16.7 Å². The lowest BCUT2D eigenvalue weighted by atomic mass is 10.2. The first-order chi connectivity index (χ1) is 14.5. The van der Waals surface area contributed by atoms with Crippen molar-refractivity contribution in [2.24, 2.45) is 0 Å². The molecule has 1 saturated heterocycles. The van der Waals surface area contributed by atoms with Crippen molar-refractivity contribution in [3.63, 3.8) is 0 Å². The van der Waals surface area contributed by atoms with E-state index in [2.05, 4.69) is 0 Å². The second kappa shape index (κ2) is 8.37. The van der Waals surface area contributed by atoms with Gasteiger partial charge >= 0.3 is 5.97 Å². The summed E-state index contributed by atoms with van der Waals surface area (Å²) in [5, 5.41) is 9.17. The fourth-order valence-corrected chi connectivity index (χ4v) is 4.32. The number of hydrogen-bond acceptors (Lipinski definition) is 7. The standard InChI is InChI=1S/C21H17NO6S2/c1-2-15(20(24)25)28-14-5-3-4-12(8-14)9-18-19(23)22(21(29)30-18)13-6-7-16-17(10-13)27-11-26-16/h3-10,15H,2,11H2,1H3,(H,24,25)/b18-9+. The zero-order chi connectivity index (χ0) is 21.3. The van der Waals surface area contributed by atoms with E-state index in [1.807, 2.05) is 6.07 Å². The number of benzene rings is 2. The van der Waals surface area contributed by atoms with Gasteiger partial charge in [0.2, 0.25) is 6.79 Å². The van der Waals surface area contributed by atoms with E-state index in [0.29, 0.717) is 44.1 Å². The molecule has 30 heavy (non-hydrogen) atoms. The van der Waals surface area contributed by atoms with Gasteiger partial charge in [-0.2, -0.15) is 0 Å². The average Bonchev–Trinajstić information content (AvgIpc) is 3.29. The summed E-state index contributed by atoms with van der Waals surface area (Å²) in [4.78, 5) is 26.1. The number of aliphatic carboxylic acids is 1. The van der Waals surface area contributed by atoms with Crippen molar-refractivity contribution in [2.45, 2.75) is 19.4 Å². The third-order valence-corrected chi connectivity index (χ3v) is 5.79. The number of thiocarbonyl (C=S) groups is 1. The molecule has 2 heterocycles. The first-order valence-corrected chi connectivity index (χ1v) is 10.4. The Hall–Kier alpha value is -3.04. The van der Waals surface area contributed by atoms with Crippen LogP contribution in [0.4, 0.5) is 5.69 Å². The van der Waals surface area contributed by atoms with Gasteiger partial charge in [0.25, 0.3) is 5.91 Å². The minimum atomic E-state index is -1.02. The van der Waals surface area contributed by atoms with Crippen molar-refractivity contribution in [3.8, 4) is 17.2 Å². The predicted molar refractivity (Wildman–Crippen MR) is 117 cm³/mol. The predicted octanol–water partition coefficient (Wildman–Crippen LogP) is 4.06. The molecule has 2 aliphatic heterocycles. The van der Waals surface area contributed by atoms with Crippen LogP contribution in [0.25, 0.3) is 6.08 Å². The number of anilines is 1. The summed E-state index contributed by atoms with van der Waals surface area (Å²) < 4.78 is 16.6. The first-order valence-electron chi connectivity index (χ1n) is 9.13. The minimum Gasteiger partial charge on any atom is -0.479 e. The molecule has 4 rings (SSSR count). The zero-order valence-corrected chi connectivity index (χ0v) is 17.5. The lowest BCUT2D eigenvalue weighted by Gasteiger charge is -2.15. The molecule has 1 amide bonds. The van der Waals surface area contributed by atoms with Crippen LogP contribution in [0.3, 0.4) is 0 Å². The highest BCUT2D eigenvalue weighted by molar-refractivity contribution is 8.27. The van der Waals surface area contributed by atoms with E-state index in [9.17, 15) is 14.7 Å². The van der Waals surface area contributed by atoms with Crippen molar-refractivity contribution >= 4 is 51.9 Å². The van der Waals surface area contributed by atoms with Gasteiger partial charge in [0, 0.05) is 6.07 Å². The van der Waals surface area contributed by atoms with E-state index in [0.717, 1.165) is 0 Å². The molecule has 1 atom stereocenters. The van der Waals surface area contributed by atoms with Crippen LogP contribution in [0.15, 0.2) is 47.4 Å². The van der Waals surface area contributed by atoms with Crippen LogP contribution in [0.5, 0.6) is 17.2 Å². The Morgan fingerprint density at radius 1 is 1.30 bits per heavy atom. The lowest BCUT2D eigenvalue weighted by molar-refractivity contribution is -0.145. The van der Waals surface area contributed by atoms with Gasteiger partial charge in [-0.25, -0.2) is 4.79 Å². The fourth-order valence-electron chi connectivity index (χ4n) is 3.02. The Morgan fingerprint density at radius 3 is 2.87 bits per heavy atom. The molecule has 9 heteroatoms. The summed E-state index contributed by atoms with van der Waals surface area (Å²) in [6.07, 6.45) is 1.12. The molecule has 2 aromatic carbocycles. The number of carboxylic acid groups (broad SMARTS) is 1. The van der Waals surface area contributed by atoms with Gasteiger partial charge in [-0.15, -0.1) is 0 Å². The Balaban J connectivity index is 1.56. The fraction of sp³-hybridized carbons (Fsp3) is 0.190. The second-order valence-corrected chi connectivity index (χ2v) is 8.16. The summed E-state index contributed by atoms with van der Waals surface area (Å²) >= 11 is 6.61. The first kappa shape index (κ1) is 20.2. The highest BCUT2D eigenvalue weighted by Crippen LogP contribution is 2.40. The van der Waals surface area contributed by atoms with E-state index in [4.69, 9.17) is 26.4 Å². The number of rotatable bonds is 6. The molecule has 1 fully saturated rings. The summed E-state index contributed by atoms with van der Waals surface area (Å²) in [5.74, 6) is 0.353. The van der Waals surface area contributed by atoms with Crippen LogP contribution < -0.4 is 19.1 Å². The number of carbonyl (C=O) groups is 2. The van der Waals surface area contributed by atoms with Crippen molar-refractivity contribution < 1.29 is 28.9 Å². The van der Waals surface area contributed by atoms with Gasteiger partial charge in [-0.1, -0.05) is 43.0 Å². The number of hydrogen-bond donors (Lipinski definition) is 1. The molecule has 7 nitrogen and oxygen atoms in total. The van der Waals surface area contributed by atoms with E-state index >= 15 is 0 Å². The maximum absolute atomic E-state index is 13.0. The molecular formula is C21H17NO6S2. The molecule has 1 unspecified atom stereocenters. The van der Waals surface area contributed by atoms with Crippen LogP contribution in [0.2, 0.25) is 0 Å². The molecule has 2 aromatic rings. The lowest BCUT2D eigenvalue weighted by Crippen LogP contribution is -2.27. The Labute approximate surface area is 182 Å². The van der Waals surface area contributed by atoms with E-state index in [1.54, 1.807) is 49.4 Å². The van der Waals surface area contributed by atoms with Crippen molar-refractivity contribution in [1.29, 1.82) is 0 Å². The molecule has 0 aromatic heterocycles. The second-order valence-electron chi connectivity index (χ2n) is 6.48. The van der Waals surface area contributed by atoms with Crippen molar-refractivity contribution in [1.82, 2.24) is 0 Å². The van der Waals surface area contributed by atoms with Gasteiger partial charge < -0.3 is 19.3 Å². The molecule has 154 valence electrons. The maximum atomic E-state index is 13.0. The Morgan fingerprint density at radius 2 is 2.10 bits per heavy atom. The maximum Gasteiger partial charge on any atom is 0.344 e. The molecular weight excluding hydrogens is 426 g/mol. The van der Waals surface area contributed by atoms with Gasteiger partial charge in [0.05, 0.1) is 10.6 Å². The largest absolute Gasteiger partial charge is 0.479 e. The van der Waals surface area contributed by atoms with E-state index < -0.39 is 12.1 Å². The number of amides is 1. The van der Waals surface area contributed by atoms with Gasteiger partial charge in [-0.3, -0.25) is 9.69 Å². The normalized spacial score (nSPS) is 17.5. The third kappa shape index (κ3) is 3.99. The summed E-state index contributed by atoms with van der Waals surface area (Å²) in [5.41, 5.74) is 1.31. The highest BCUT2D eigenvalue weighted by atomic mass is 32.2. The molecule has 0 saturated carbocycles. The van der Waals surface area contributed by atoms with Crippen molar-refractivity contribution in [3.05, 3.63) is 52.9 Å². The Kier molecular flexibility index (Phi) is 5.65.